The van der Waals surface area contributed by atoms with Crippen LogP contribution < -0.4 is 14.8 Å². The van der Waals surface area contributed by atoms with Gasteiger partial charge in [0.2, 0.25) is 5.91 Å². The normalized spacial score (nSPS) is 17.9. The van der Waals surface area contributed by atoms with E-state index < -0.39 is 0 Å². The summed E-state index contributed by atoms with van der Waals surface area (Å²) in [6.45, 7) is 2.86. The zero-order chi connectivity index (χ0) is 17.5. The Kier molecular flexibility index (Phi) is 6.25. The molecule has 0 radical (unpaired) electrons. The molecular weight excluding hydrogens is 338 g/mol. The zero-order valence-electron chi connectivity index (χ0n) is 14.3. The average molecular weight is 361 g/mol. The first kappa shape index (κ1) is 17.7. The second kappa shape index (κ2) is 8.82. The largest absolute Gasteiger partial charge is 0.497 e. The van der Waals surface area contributed by atoms with Gasteiger partial charge in [-0.3, -0.25) is 9.69 Å². The van der Waals surface area contributed by atoms with E-state index in [9.17, 15) is 4.79 Å². The minimum absolute atomic E-state index is 0.00989. The predicted molar refractivity (Wildman–Crippen MR) is 98.4 cm³/mol. The lowest BCUT2D eigenvalue weighted by Crippen LogP contribution is -2.42. The molecule has 6 nitrogen and oxygen atoms in total. The van der Waals surface area contributed by atoms with E-state index in [0.29, 0.717) is 24.2 Å². The maximum absolute atomic E-state index is 12.1. The van der Waals surface area contributed by atoms with Crippen molar-refractivity contribution in [3.8, 4) is 11.5 Å². The molecular formula is C18H23N3O3S. The lowest BCUT2D eigenvalue weighted by atomic mass is 9.99. The lowest BCUT2D eigenvalue weighted by molar-refractivity contribution is -0.117. The molecule has 0 unspecified atom stereocenters. The van der Waals surface area contributed by atoms with Gasteiger partial charge in [-0.05, 0) is 31.5 Å². The van der Waals surface area contributed by atoms with Gasteiger partial charge >= 0.3 is 0 Å². The third-order valence-electron chi connectivity index (χ3n) is 4.18. The van der Waals surface area contributed by atoms with Crippen LogP contribution in [0, 0.1) is 5.92 Å². The van der Waals surface area contributed by atoms with Gasteiger partial charge in [0.15, 0.2) is 5.13 Å². The molecule has 25 heavy (non-hydrogen) atoms. The van der Waals surface area contributed by atoms with Crippen LogP contribution in [-0.4, -0.2) is 49.1 Å². The van der Waals surface area contributed by atoms with Crippen molar-refractivity contribution in [1.29, 1.82) is 0 Å². The third kappa shape index (κ3) is 5.44. The molecule has 1 amide bonds. The van der Waals surface area contributed by atoms with E-state index in [1.807, 2.05) is 29.6 Å². The predicted octanol–water partition coefficient (Wildman–Crippen LogP) is 2.88. The van der Waals surface area contributed by atoms with Gasteiger partial charge in [0, 0.05) is 30.1 Å². The molecule has 0 bridgehead atoms. The molecule has 1 aromatic carbocycles. The molecule has 0 aliphatic carbocycles. The molecule has 1 aliphatic rings. The smallest absolute Gasteiger partial charge is 0.240 e. The number of amides is 1. The van der Waals surface area contributed by atoms with Gasteiger partial charge in [0.05, 0.1) is 20.3 Å². The van der Waals surface area contributed by atoms with Crippen LogP contribution in [0.1, 0.15) is 12.8 Å². The minimum Gasteiger partial charge on any atom is -0.497 e. The second-order valence-corrected chi connectivity index (χ2v) is 7.01. The standard InChI is InChI=1S/C18H23N3O3S/c1-23-15-5-2-6-16(10-15)24-13-14-4-3-8-21(11-14)12-17(22)20-18-19-7-9-25-18/h2,5-7,9-10,14H,3-4,8,11-13H2,1H3,(H,19,20,22)/t14-/m1/s1. The summed E-state index contributed by atoms with van der Waals surface area (Å²) in [5.74, 6) is 2.02. The van der Waals surface area contributed by atoms with Crippen molar-refractivity contribution in [3.05, 3.63) is 35.8 Å². The Morgan fingerprint density at radius 1 is 1.44 bits per heavy atom. The number of anilines is 1. The Labute approximate surface area is 151 Å². The first-order valence-corrected chi connectivity index (χ1v) is 9.29. The van der Waals surface area contributed by atoms with Gasteiger partial charge in [-0.25, -0.2) is 4.98 Å². The van der Waals surface area contributed by atoms with Crippen LogP contribution in [0.15, 0.2) is 35.8 Å². The molecule has 3 rings (SSSR count). The first-order valence-electron chi connectivity index (χ1n) is 8.41. The minimum atomic E-state index is -0.00989. The fourth-order valence-corrected chi connectivity index (χ4v) is 3.53. The molecule has 0 saturated carbocycles. The van der Waals surface area contributed by atoms with E-state index in [-0.39, 0.29) is 5.91 Å². The van der Waals surface area contributed by atoms with Gasteiger partial charge in [-0.1, -0.05) is 6.07 Å². The Morgan fingerprint density at radius 3 is 3.12 bits per heavy atom. The number of ether oxygens (including phenoxy) is 2. The molecule has 2 aromatic rings. The van der Waals surface area contributed by atoms with Crippen molar-refractivity contribution in [3.63, 3.8) is 0 Å². The van der Waals surface area contributed by atoms with Crippen LogP contribution in [-0.2, 0) is 4.79 Å². The highest BCUT2D eigenvalue weighted by atomic mass is 32.1. The van der Waals surface area contributed by atoms with Gasteiger partial charge in [0.25, 0.3) is 0 Å². The molecule has 0 spiro atoms. The topological polar surface area (TPSA) is 63.7 Å². The van der Waals surface area contributed by atoms with Crippen molar-refractivity contribution in [2.75, 3.05) is 38.7 Å². The number of piperidine rings is 1. The number of thiazole rings is 1. The average Bonchev–Trinajstić information content (AvgIpc) is 3.13. The summed E-state index contributed by atoms with van der Waals surface area (Å²) in [7, 11) is 1.65. The van der Waals surface area contributed by atoms with Gasteiger partial charge < -0.3 is 14.8 Å². The van der Waals surface area contributed by atoms with Crippen molar-refractivity contribution < 1.29 is 14.3 Å². The molecule has 1 N–H and O–H groups in total. The van der Waals surface area contributed by atoms with Crippen molar-refractivity contribution in [1.82, 2.24) is 9.88 Å². The number of likely N-dealkylation sites (tertiary alicyclic amines) is 1. The highest BCUT2D eigenvalue weighted by Crippen LogP contribution is 2.22. The van der Waals surface area contributed by atoms with E-state index in [4.69, 9.17) is 9.47 Å². The number of carbonyl (C=O) groups is 1. The zero-order valence-corrected chi connectivity index (χ0v) is 15.1. The molecule has 1 atom stereocenters. The summed E-state index contributed by atoms with van der Waals surface area (Å²) >= 11 is 1.43. The number of methoxy groups -OCH3 is 1. The monoisotopic (exact) mass is 361 g/mol. The summed E-state index contributed by atoms with van der Waals surface area (Å²) in [5.41, 5.74) is 0. The van der Waals surface area contributed by atoms with Crippen molar-refractivity contribution >= 4 is 22.4 Å². The number of nitrogens with zero attached hydrogens (tertiary/aromatic N) is 2. The first-order chi connectivity index (χ1) is 12.2. The lowest BCUT2D eigenvalue weighted by Gasteiger charge is -2.32. The summed E-state index contributed by atoms with van der Waals surface area (Å²) < 4.78 is 11.1. The van der Waals surface area contributed by atoms with Crippen LogP contribution in [0.2, 0.25) is 0 Å². The summed E-state index contributed by atoms with van der Waals surface area (Å²) in [6, 6.07) is 7.65. The Balaban J connectivity index is 1.45. The number of rotatable bonds is 7. The van der Waals surface area contributed by atoms with Crippen LogP contribution in [0.4, 0.5) is 5.13 Å². The summed E-state index contributed by atoms with van der Waals surface area (Å²) in [6.07, 6.45) is 3.89. The van der Waals surface area contributed by atoms with E-state index >= 15 is 0 Å². The molecule has 1 saturated heterocycles. The van der Waals surface area contributed by atoms with Gasteiger partial charge in [-0.15, -0.1) is 11.3 Å². The Bertz CT molecular complexity index is 678. The van der Waals surface area contributed by atoms with E-state index in [2.05, 4.69) is 15.2 Å². The molecule has 7 heteroatoms. The fourth-order valence-electron chi connectivity index (χ4n) is 2.98. The number of hydrogen-bond donors (Lipinski definition) is 1. The van der Waals surface area contributed by atoms with E-state index in [0.717, 1.165) is 37.4 Å². The summed E-state index contributed by atoms with van der Waals surface area (Å²) in [4.78, 5) is 18.4. The fraction of sp³-hybridized carbons (Fsp3) is 0.444. The molecule has 1 aliphatic heterocycles. The van der Waals surface area contributed by atoms with Crippen molar-refractivity contribution in [2.45, 2.75) is 12.8 Å². The maximum Gasteiger partial charge on any atom is 0.240 e. The molecule has 1 aromatic heterocycles. The SMILES string of the molecule is COc1cccc(OC[C@@H]2CCCN(CC(=O)Nc3nccs3)C2)c1. The van der Waals surface area contributed by atoms with Crippen LogP contribution >= 0.6 is 11.3 Å². The third-order valence-corrected chi connectivity index (χ3v) is 4.86. The summed E-state index contributed by atoms with van der Waals surface area (Å²) in [5, 5.41) is 5.34. The van der Waals surface area contributed by atoms with E-state index in [1.54, 1.807) is 13.3 Å². The molecule has 1 fully saturated rings. The highest BCUT2D eigenvalue weighted by Gasteiger charge is 2.22. The van der Waals surface area contributed by atoms with Crippen molar-refractivity contribution in [2.24, 2.45) is 5.92 Å². The van der Waals surface area contributed by atoms with Gasteiger partial charge in [-0.2, -0.15) is 0 Å². The number of hydrogen-bond acceptors (Lipinski definition) is 6. The quantitative estimate of drug-likeness (QED) is 0.822. The highest BCUT2D eigenvalue weighted by molar-refractivity contribution is 7.13. The van der Waals surface area contributed by atoms with Crippen LogP contribution in [0.5, 0.6) is 11.5 Å². The van der Waals surface area contributed by atoms with Crippen LogP contribution in [0.3, 0.4) is 0 Å². The molecule has 134 valence electrons. The Morgan fingerprint density at radius 2 is 2.32 bits per heavy atom. The second-order valence-electron chi connectivity index (χ2n) is 6.12. The Hall–Kier alpha value is -2.12. The van der Waals surface area contributed by atoms with Gasteiger partial charge in [0.1, 0.15) is 11.5 Å². The number of aromatic nitrogens is 1. The maximum atomic E-state index is 12.1. The number of benzene rings is 1. The number of nitrogens with one attached hydrogen (secondary N) is 1. The van der Waals surface area contributed by atoms with E-state index in [1.165, 1.54) is 11.3 Å². The molecule has 2 heterocycles. The number of carbonyl (C=O) groups excluding carboxylic acids is 1. The van der Waals surface area contributed by atoms with Crippen LogP contribution in [0.25, 0.3) is 0 Å².